The Bertz CT molecular complexity index is 1100. The lowest BCUT2D eigenvalue weighted by Crippen LogP contribution is -2.47. The van der Waals surface area contributed by atoms with Crippen LogP contribution in [0.5, 0.6) is 5.75 Å². The third kappa shape index (κ3) is 3.60. The molecule has 1 aliphatic carbocycles. The molecule has 1 saturated carbocycles. The van der Waals surface area contributed by atoms with Gasteiger partial charge in [-0.3, -0.25) is 4.79 Å². The zero-order valence-electron chi connectivity index (χ0n) is 16.0. The van der Waals surface area contributed by atoms with Crippen LogP contribution in [-0.2, 0) is 4.74 Å². The Labute approximate surface area is 179 Å². The molecule has 2 aromatic rings. The molecular formula is C19H19ClF3N3O5. The molecule has 2 aliphatic heterocycles. The highest BCUT2D eigenvalue weighted by molar-refractivity contribution is 5.86. The van der Waals surface area contributed by atoms with Crippen LogP contribution in [-0.4, -0.2) is 60.4 Å². The van der Waals surface area contributed by atoms with Crippen LogP contribution in [0.4, 0.5) is 23.7 Å². The monoisotopic (exact) mass is 461 g/mol. The number of hydrogen-bond donors (Lipinski definition) is 2. The number of alkyl halides is 1. The third-order valence-corrected chi connectivity index (χ3v) is 5.81. The Morgan fingerprint density at radius 3 is 2.71 bits per heavy atom. The topological polar surface area (TPSA) is 93.0 Å². The Morgan fingerprint density at radius 1 is 1.32 bits per heavy atom. The largest absolute Gasteiger partial charge is 0.511 e. The van der Waals surface area contributed by atoms with Crippen LogP contribution in [0.15, 0.2) is 17.1 Å². The summed E-state index contributed by atoms with van der Waals surface area (Å²) >= 11 is 0. The van der Waals surface area contributed by atoms with E-state index in [4.69, 9.17) is 9.84 Å². The van der Waals surface area contributed by atoms with E-state index in [1.807, 2.05) is 0 Å². The molecule has 0 radical (unpaired) electrons. The fourth-order valence-corrected chi connectivity index (χ4v) is 4.34. The highest BCUT2D eigenvalue weighted by Crippen LogP contribution is 2.43. The second-order valence-corrected chi connectivity index (χ2v) is 7.71. The summed E-state index contributed by atoms with van der Waals surface area (Å²) in [6.45, 7) is 1.71. The summed E-state index contributed by atoms with van der Waals surface area (Å²) in [7, 11) is 0. The second kappa shape index (κ2) is 7.88. The molecule has 1 aromatic heterocycles. The zero-order valence-corrected chi connectivity index (χ0v) is 16.8. The number of nitrogens with zero attached hydrogens (tertiary/aromatic N) is 2. The molecule has 0 unspecified atom stereocenters. The quantitative estimate of drug-likeness (QED) is 0.677. The highest BCUT2D eigenvalue weighted by Gasteiger charge is 2.42. The lowest BCUT2D eigenvalue weighted by atomic mass is 10.1. The second-order valence-electron chi connectivity index (χ2n) is 7.71. The van der Waals surface area contributed by atoms with E-state index < -0.39 is 46.6 Å². The molecule has 12 heteroatoms. The van der Waals surface area contributed by atoms with Gasteiger partial charge in [0.2, 0.25) is 5.43 Å². The lowest BCUT2D eigenvalue weighted by molar-refractivity contribution is 0.0212. The number of anilines is 1. The van der Waals surface area contributed by atoms with Gasteiger partial charge >= 0.3 is 6.16 Å². The van der Waals surface area contributed by atoms with Crippen LogP contribution >= 0.6 is 12.4 Å². The first-order valence-electron chi connectivity index (χ1n) is 9.56. The predicted molar refractivity (Wildman–Crippen MR) is 106 cm³/mol. The molecule has 4 atom stereocenters. The number of fused-ring (bicyclic) bond motifs is 2. The van der Waals surface area contributed by atoms with Gasteiger partial charge in [0, 0.05) is 26.1 Å². The number of halogens is 4. The van der Waals surface area contributed by atoms with Gasteiger partial charge in [-0.15, -0.1) is 12.4 Å². The molecule has 5 rings (SSSR count). The van der Waals surface area contributed by atoms with Gasteiger partial charge in [0.25, 0.3) is 0 Å². The molecular weight excluding hydrogens is 443 g/mol. The predicted octanol–water partition coefficient (Wildman–Crippen LogP) is 2.22. The normalized spacial score (nSPS) is 27.0. The van der Waals surface area contributed by atoms with Gasteiger partial charge in [-0.2, -0.15) is 0 Å². The Balaban J connectivity index is 0.00000231. The van der Waals surface area contributed by atoms with E-state index in [2.05, 4.69) is 10.1 Å². The van der Waals surface area contributed by atoms with E-state index in [-0.39, 0.29) is 48.7 Å². The molecule has 1 aromatic carbocycles. The van der Waals surface area contributed by atoms with E-state index in [9.17, 15) is 18.4 Å². The molecule has 2 N–H and O–H groups in total. The van der Waals surface area contributed by atoms with Gasteiger partial charge in [-0.05, 0) is 6.07 Å². The maximum absolute atomic E-state index is 15.6. The van der Waals surface area contributed by atoms with Crippen LogP contribution < -0.4 is 20.4 Å². The van der Waals surface area contributed by atoms with E-state index in [0.29, 0.717) is 19.7 Å². The van der Waals surface area contributed by atoms with Crippen molar-refractivity contribution in [3.63, 3.8) is 0 Å². The fourth-order valence-electron chi connectivity index (χ4n) is 4.34. The summed E-state index contributed by atoms with van der Waals surface area (Å²) in [5.41, 5.74) is -1.58. The smallest absolute Gasteiger partial charge is 0.449 e. The van der Waals surface area contributed by atoms with Gasteiger partial charge in [-0.1, -0.05) is 0 Å². The van der Waals surface area contributed by atoms with Crippen LogP contribution in [0.2, 0.25) is 0 Å². The standard InChI is InChI=1S/C19H18F3N3O5.ClH/c20-9-4-12(9)25-7-14(30-19(27)28)18(26)8-3-10(21)17(15(22)16(8)25)24-5-11-13(6-24)29-2-1-23-11;/h3,7,9,11-13,23H,1-2,4-6H2,(H,27,28);1H/t9-,11-,12+,13+;/m0./s1. The van der Waals surface area contributed by atoms with Gasteiger partial charge in [-0.25, -0.2) is 18.0 Å². The maximum atomic E-state index is 15.6. The number of hydrogen-bond acceptors (Lipinski definition) is 6. The molecule has 0 spiro atoms. The summed E-state index contributed by atoms with van der Waals surface area (Å²) in [4.78, 5) is 25.0. The van der Waals surface area contributed by atoms with E-state index in [0.717, 1.165) is 16.8 Å². The first kappa shape index (κ1) is 21.7. The van der Waals surface area contributed by atoms with Crippen LogP contribution in [0.3, 0.4) is 0 Å². The minimum absolute atomic E-state index is 0. The summed E-state index contributed by atoms with van der Waals surface area (Å²) in [6.07, 6.45) is -2.21. The number of morpholine rings is 1. The first-order chi connectivity index (χ1) is 14.3. The molecule has 31 heavy (non-hydrogen) atoms. The number of nitrogens with one attached hydrogen (secondary N) is 1. The summed E-state index contributed by atoms with van der Waals surface area (Å²) in [5.74, 6) is -2.60. The van der Waals surface area contributed by atoms with Crippen molar-refractivity contribution in [3.05, 3.63) is 34.1 Å². The molecule has 2 saturated heterocycles. The van der Waals surface area contributed by atoms with Crippen molar-refractivity contribution in [3.8, 4) is 5.75 Å². The number of carboxylic acid groups (broad SMARTS) is 1. The molecule has 0 amide bonds. The number of benzene rings is 1. The third-order valence-electron chi connectivity index (χ3n) is 5.81. The summed E-state index contributed by atoms with van der Waals surface area (Å²) < 4.78 is 55.7. The number of aromatic nitrogens is 1. The molecule has 3 aliphatic rings. The minimum Gasteiger partial charge on any atom is -0.449 e. The van der Waals surface area contributed by atoms with Crippen molar-refractivity contribution in [1.29, 1.82) is 0 Å². The van der Waals surface area contributed by atoms with Gasteiger partial charge in [0.1, 0.15) is 17.7 Å². The lowest BCUT2D eigenvalue weighted by Gasteiger charge is -2.25. The van der Waals surface area contributed by atoms with Gasteiger partial charge < -0.3 is 29.4 Å². The van der Waals surface area contributed by atoms with Crippen molar-refractivity contribution >= 4 is 35.2 Å². The molecule has 3 heterocycles. The van der Waals surface area contributed by atoms with Gasteiger partial charge in [0.05, 0.1) is 41.9 Å². The first-order valence-corrected chi connectivity index (χ1v) is 9.56. The number of rotatable bonds is 3. The number of ether oxygens (including phenoxy) is 2. The minimum atomic E-state index is -1.75. The molecule has 8 nitrogen and oxygen atoms in total. The van der Waals surface area contributed by atoms with Crippen molar-refractivity contribution in [1.82, 2.24) is 9.88 Å². The van der Waals surface area contributed by atoms with Crippen LogP contribution in [0.25, 0.3) is 10.9 Å². The Hall–Kier alpha value is -2.50. The molecule has 3 fully saturated rings. The van der Waals surface area contributed by atoms with Crippen LogP contribution in [0.1, 0.15) is 12.5 Å². The highest BCUT2D eigenvalue weighted by atomic mass is 35.5. The number of pyridine rings is 1. The number of carbonyl (C=O) groups is 1. The van der Waals surface area contributed by atoms with Crippen molar-refractivity contribution in [2.45, 2.75) is 30.8 Å². The molecule has 0 bridgehead atoms. The average molecular weight is 462 g/mol. The summed E-state index contributed by atoms with van der Waals surface area (Å²) in [5, 5.41) is 11.7. The van der Waals surface area contributed by atoms with Gasteiger partial charge in [0.15, 0.2) is 11.6 Å². The van der Waals surface area contributed by atoms with Crippen molar-refractivity contribution in [2.75, 3.05) is 31.1 Å². The van der Waals surface area contributed by atoms with Crippen LogP contribution in [0, 0.1) is 11.6 Å². The maximum Gasteiger partial charge on any atom is 0.511 e. The van der Waals surface area contributed by atoms with E-state index in [1.54, 1.807) is 0 Å². The summed E-state index contributed by atoms with van der Waals surface area (Å²) in [6, 6.07) is -0.0173. The van der Waals surface area contributed by atoms with E-state index >= 15 is 4.39 Å². The Morgan fingerprint density at radius 2 is 2.06 bits per heavy atom. The van der Waals surface area contributed by atoms with Crippen molar-refractivity contribution < 1.29 is 32.5 Å². The Kier molecular flexibility index (Phi) is 5.52. The van der Waals surface area contributed by atoms with E-state index in [1.165, 1.54) is 4.90 Å². The molecule has 168 valence electrons. The van der Waals surface area contributed by atoms with Crippen molar-refractivity contribution in [2.24, 2.45) is 0 Å². The SMILES string of the molecule is Cl.O=C(O)Oc1cn([C@@H]2C[C@@H]2F)c2c(F)c(N3C[C@@H]4NCCO[C@@H]4C3)c(F)cc2c1=O. The zero-order chi connectivity index (χ0) is 21.2. The average Bonchev–Trinajstić information content (AvgIpc) is 3.26. The fraction of sp³-hybridized carbons (Fsp3) is 0.474.